The Morgan fingerprint density at radius 1 is 1.58 bits per heavy atom. The number of carboxylic acid groups (broad SMARTS) is 1. The van der Waals surface area contributed by atoms with Crippen molar-refractivity contribution in [3.63, 3.8) is 0 Å². The number of nitrogens with zero attached hydrogens (tertiary/aromatic N) is 1. The first-order valence-corrected chi connectivity index (χ1v) is 6.15. The van der Waals surface area contributed by atoms with Crippen LogP contribution in [0.3, 0.4) is 0 Å². The van der Waals surface area contributed by atoms with Gasteiger partial charge in [0.05, 0.1) is 17.8 Å². The lowest BCUT2D eigenvalue weighted by Gasteiger charge is -2.14. The maximum Gasteiger partial charge on any atom is 0.335 e. The molecule has 2 rings (SSSR count). The van der Waals surface area contributed by atoms with Gasteiger partial charge in [-0.05, 0) is 24.5 Å². The number of aromatic carboxylic acids is 1. The highest BCUT2D eigenvalue weighted by molar-refractivity contribution is 5.87. The molecule has 2 N–H and O–H groups in total. The van der Waals surface area contributed by atoms with Gasteiger partial charge in [0.25, 0.3) is 0 Å². The molecule has 1 aromatic heterocycles. The Bertz CT molecular complexity index is 489. The van der Waals surface area contributed by atoms with Crippen LogP contribution in [0.25, 0.3) is 0 Å². The van der Waals surface area contributed by atoms with E-state index >= 15 is 0 Å². The van der Waals surface area contributed by atoms with E-state index in [1.54, 1.807) is 0 Å². The highest BCUT2D eigenvalue weighted by Crippen LogP contribution is 2.20. The molecule has 2 heterocycles. The highest BCUT2D eigenvalue weighted by atomic mass is 16.5. The van der Waals surface area contributed by atoms with Crippen molar-refractivity contribution in [1.82, 2.24) is 10.3 Å². The summed E-state index contributed by atoms with van der Waals surface area (Å²) in [6.45, 7) is 2.78. The molecule has 0 aliphatic carbocycles. The van der Waals surface area contributed by atoms with Crippen LogP contribution < -0.4 is 5.32 Å². The number of rotatable bonds is 4. The van der Waals surface area contributed by atoms with E-state index in [-0.39, 0.29) is 23.9 Å². The summed E-state index contributed by atoms with van der Waals surface area (Å²) in [6, 6.07) is 2.86. The van der Waals surface area contributed by atoms with Gasteiger partial charge in [-0.2, -0.15) is 0 Å². The Labute approximate surface area is 110 Å². The number of nitrogens with one attached hydrogen (secondary N) is 1. The molecule has 1 saturated heterocycles. The number of pyridine rings is 1. The highest BCUT2D eigenvalue weighted by Gasteiger charge is 2.30. The molecule has 102 valence electrons. The monoisotopic (exact) mass is 264 g/mol. The Kier molecular flexibility index (Phi) is 4.11. The summed E-state index contributed by atoms with van der Waals surface area (Å²) < 4.78 is 5.35. The molecule has 1 fully saturated rings. The minimum absolute atomic E-state index is 0.157. The molecule has 6 heteroatoms. The van der Waals surface area contributed by atoms with Gasteiger partial charge in [-0.1, -0.05) is 6.92 Å². The smallest absolute Gasteiger partial charge is 0.335 e. The normalized spacial score (nSPS) is 22.2. The van der Waals surface area contributed by atoms with Crippen LogP contribution in [-0.2, 0) is 16.1 Å². The first-order chi connectivity index (χ1) is 9.08. The molecular formula is C13H16N2O4. The predicted octanol–water partition coefficient (Wildman–Crippen LogP) is 0.821. The van der Waals surface area contributed by atoms with Crippen molar-refractivity contribution in [2.75, 3.05) is 6.61 Å². The zero-order valence-corrected chi connectivity index (χ0v) is 10.6. The number of amides is 1. The molecular weight excluding hydrogens is 248 g/mol. The Hall–Kier alpha value is -1.95. The summed E-state index contributed by atoms with van der Waals surface area (Å²) in [5, 5.41) is 11.6. The maximum atomic E-state index is 11.9. The lowest BCUT2D eigenvalue weighted by atomic mass is 10.0. The van der Waals surface area contributed by atoms with Gasteiger partial charge in [-0.25, -0.2) is 4.79 Å². The number of carboxylic acids is 1. The summed E-state index contributed by atoms with van der Waals surface area (Å²) in [4.78, 5) is 26.7. The van der Waals surface area contributed by atoms with E-state index in [0.29, 0.717) is 12.3 Å². The molecule has 2 unspecified atom stereocenters. The minimum Gasteiger partial charge on any atom is -0.478 e. The Morgan fingerprint density at radius 2 is 2.37 bits per heavy atom. The molecule has 0 aromatic carbocycles. The van der Waals surface area contributed by atoms with Crippen LogP contribution in [0.4, 0.5) is 0 Å². The zero-order chi connectivity index (χ0) is 13.8. The van der Waals surface area contributed by atoms with E-state index in [0.717, 1.165) is 6.42 Å². The summed E-state index contributed by atoms with van der Waals surface area (Å²) >= 11 is 0. The Morgan fingerprint density at radius 3 is 3.00 bits per heavy atom. The number of ether oxygens (including phenoxy) is 1. The van der Waals surface area contributed by atoms with Crippen LogP contribution in [0.2, 0.25) is 0 Å². The summed E-state index contributed by atoms with van der Waals surface area (Å²) in [5.74, 6) is -0.978. The van der Waals surface area contributed by atoms with Crippen molar-refractivity contribution >= 4 is 11.9 Å². The van der Waals surface area contributed by atoms with Crippen LogP contribution >= 0.6 is 0 Å². The van der Waals surface area contributed by atoms with Gasteiger partial charge >= 0.3 is 5.97 Å². The first-order valence-electron chi connectivity index (χ1n) is 6.15. The van der Waals surface area contributed by atoms with Crippen molar-refractivity contribution < 1.29 is 19.4 Å². The van der Waals surface area contributed by atoms with E-state index in [1.165, 1.54) is 18.3 Å². The SMILES string of the molecule is CC1CCOC1C(=O)NCc1cc(C(=O)O)ccn1. The molecule has 19 heavy (non-hydrogen) atoms. The lowest BCUT2D eigenvalue weighted by Crippen LogP contribution is -2.37. The number of carbonyl (C=O) groups is 2. The van der Waals surface area contributed by atoms with Gasteiger partial charge in [0.2, 0.25) is 5.91 Å². The standard InChI is InChI=1S/C13H16N2O4/c1-8-3-5-19-11(8)12(16)15-7-10-6-9(13(17)18)2-4-14-10/h2,4,6,8,11H,3,5,7H2,1H3,(H,15,16)(H,17,18). The summed E-state index contributed by atoms with van der Waals surface area (Å²) in [5.41, 5.74) is 0.670. The minimum atomic E-state index is -1.01. The number of hydrogen-bond acceptors (Lipinski definition) is 4. The third-order valence-corrected chi connectivity index (χ3v) is 3.15. The number of carbonyl (C=O) groups excluding carboxylic acids is 1. The molecule has 0 saturated carbocycles. The average Bonchev–Trinajstić information content (AvgIpc) is 2.82. The van der Waals surface area contributed by atoms with Crippen molar-refractivity contribution in [2.24, 2.45) is 5.92 Å². The molecule has 1 aliphatic rings. The summed E-state index contributed by atoms with van der Waals surface area (Å²) in [6.07, 6.45) is 1.88. The average molecular weight is 264 g/mol. The maximum absolute atomic E-state index is 11.9. The van der Waals surface area contributed by atoms with Crippen LogP contribution in [0.1, 0.15) is 29.4 Å². The van der Waals surface area contributed by atoms with E-state index in [1.807, 2.05) is 6.92 Å². The lowest BCUT2D eigenvalue weighted by molar-refractivity contribution is -0.131. The molecule has 2 atom stereocenters. The molecule has 1 amide bonds. The quantitative estimate of drug-likeness (QED) is 0.840. The molecule has 0 spiro atoms. The molecule has 1 aliphatic heterocycles. The third kappa shape index (κ3) is 3.29. The molecule has 0 bridgehead atoms. The van der Waals surface area contributed by atoms with E-state index in [2.05, 4.69) is 10.3 Å². The fourth-order valence-corrected chi connectivity index (χ4v) is 2.02. The van der Waals surface area contributed by atoms with Gasteiger partial charge in [-0.15, -0.1) is 0 Å². The van der Waals surface area contributed by atoms with Gasteiger partial charge in [-0.3, -0.25) is 9.78 Å². The fraction of sp³-hybridized carbons (Fsp3) is 0.462. The zero-order valence-electron chi connectivity index (χ0n) is 10.6. The van der Waals surface area contributed by atoms with Gasteiger partial charge in [0.15, 0.2) is 0 Å². The summed E-state index contributed by atoms with van der Waals surface area (Å²) in [7, 11) is 0. The van der Waals surface area contributed by atoms with Gasteiger partial charge < -0.3 is 15.2 Å². The second-order valence-corrected chi connectivity index (χ2v) is 4.62. The van der Waals surface area contributed by atoms with Crippen molar-refractivity contribution in [3.05, 3.63) is 29.6 Å². The molecule has 1 aromatic rings. The fourth-order valence-electron chi connectivity index (χ4n) is 2.02. The van der Waals surface area contributed by atoms with Crippen molar-refractivity contribution in [1.29, 1.82) is 0 Å². The molecule has 0 radical (unpaired) electrons. The number of aromatic nitrogens is 1. The van der Waals surface area contributed by atoms with Gasteiger partial charge in [0, 0.05) is 12.8 Å². The van der Waals surface area contributed by atoms with E-state index < -0.39 is 12.1 Å². The largest absolute Gasteiger partial charge is 0.478 e. The van der Waals surface area contributed by atoms with Crippen LogP contribution in [0.15, 0.2) is 18.3 Å². The first kappa shape index (κ1) is 13.5. The number of hydrogen-bond donors (Lipinski definition) is 2. The predicted molar refractivity (Wildman–Crippen MR) is 66.6 cm³/mol. The Balaban J connectivity index is 1.93. The van der Waals surface area contributed by atoms with E-state index in [4.69, 9.17) is 9.84 Å². The third-order valence-electron chi connectivity index (χ3n) is 3.15. The van der Waals surface area contributed by atoms with Crippen molar-refractivity contribution in [2.45, 2.75) is 26.0 Å². The van der Waals surface area contributed by atoms with Gasteiger partial charge in [0.1, 0.15) is 6.10 Å². The topological polar surface area (TPSA) is 88.5 Å². The van der Waals surface area contributed by atoms with Crippen molar-refractivity contribution in [3.8, 4) is 0 Å². The van der Waals surface area contributed by atoms with Crippen LogP contribution in [0, 0.1) is 5.92 Å². The van der Waals surface area contributed by atoms with Crippen LogP contribution in [0.5, 0.6) is 0 Å². The second kappa shape index (κ2) is 5.79. The van der Waals surface area contributed by atoms with E-state index in [9.17, 15) is 9.59 Å². The second-order valence-electron chi connectivity index (χ2n) is 4.62. The molecule has 6 nitrogen and oxygen atoms in total. The van der Waals surface area contributed by atoms with Crippen LogP contribution in [-0.4, -0.2) is 34.7 Å².